The lowest BCUT2D eigenvalue weighted by molar-refractivity contribution is -0.123. The standard InChI is InChI=1S/C13H15BrN2O5/c14-10-6-5-9(21-10)12(18)20-7-11(17)16-13(19)15-8-3-1-2-4-8/h5-6,8H,1-4,7H2,(H2,15,16,17,19). The molecule has 1 saturated carbocycles. The van der Waals surface area contributed by atoms with Crippen molar-refractivity contribution in [1.29, 1.82) is 0 Å². The fourth-order valence-electron chi connectivity index (χ4n) is 2.08. The van der Waals surface area contributed by atoms with Crippen molar-refractivity contribution in [1.82, 2.24) is 10.6 Å². The van der Waals surface area contributed by atoms with Gasteiger partial charge in [-0.1, -0.05) is 12.8 Å². The average molecular weight is 359 g/mol. The van der Waals surface area contributed by atoms with Gasteiger partial charge in [0, 0.05) is 6.04 Å². The van der Waals surface area contributed by atoms with Crippen LogP contribution in [0.15, 0.2) is 21.2 Å². The third-order valence-corrected chi connectivity index (χ3v) is 3.48. The van der Waals surface area contributed by atoms with Crippen LogP contribution in [0, 0.1) is 0 Å². The Morgan fingerprint density at radius 1 is 1.29 bits per heavy atom. The van der Waals surface area contributed by atoms with Crippen LogP contribution in [0.3, 0.4) is 0 Å². The Labute approximate surface area is 129 Å². The number of amides is 3. The first-order chi connectivity index (χ1) is 10.0. The SMILES string of the molecule is O=C(COC(=O)c1ccc(Br)o1)NC(=O)NC1CCCC1. The van der Waals surface area contributed by atoms with E-state index in [0.717, 1.165) is 25.7 Å². The van der Waals surface area contributed by atoms with E-state index in [1.807, 2.05) is 0 Å². The van der Waals surface area contributed by atoms with Crippen LogP contribution in [-0.4, -0.2) is 30.6 Å². The van der Waals surface area contributed by atoms with Gasteiger partial charge in [-0.15, -0.1) is 0 Å². The molecule has 1 heterocycles. The highest BCUT2D eigenvalue weighted by Crippen LogP contribution is 2.17. The second-order valence-electron chi connectivity index (χ2n) is 4.68. The normalized spacial score (nSPS) is 14.7. The van der Waals surface area contributed by atoms with E-state index in [0.29, 0.717) is 4.67 Å². The third-order valence-electron chi connectivity index (χ3n) is 3.05. The Balaban J connectivity index is 1.69. The van der Waals surface area contributed by atoms with E-state index in [-0.39, 0.29) is 11.8 Å². The molecule has 0 aromatic carbocycles. The summed E-state index contributed by atoms with van der Waals surface area (Å²) < 4.78 is 10.1. The molecular weight excluding hydrogens is 344 g/mol. The minimum atomic E-state index is -0.771. The maximum Gasteiger partial charge on any atom is 0.374 e. The van der Waals surface area contributed by atoms with E-state index in [4.69, 9.17) is 9.15 Å². The van der Waals surface area contributed by atoms with Crippen molar-refractivity contribution in [3.05, 3.63) is 22.6 Å². The molecule has 1 aliphatic rings. The van der Waals surface area contributed by atoms with Crippen molar-refractivity contribution in [3.8, 4) is 0 Å². The topological polar surface area (TPSA) is 97.6 Å². The minimum absolute atomic E-state index is 0.0231. The first kappa shape index (κ1) is 15.6. The molecule has 1 aromatic rings. The molecule has 0 atom stereocenters. The van der Waals surface area contributed by atoms with Crippen LogP contribution in [0.5, 0.6) is 0 Å². The number of carbonyl (C=O) groups is 3. The Morgan fingerprint density at radius 3 is 2.62 bits per heavy atom. The number of furan rings is 1. The molecule has 0 bridgehead atoms. The minimum Gasteiger partial charge on any atom is -0.450 e. The van der Waals surface area contributed by atoms with Gasteiger partial charge < -0.3 is 14.5 Å². The van der Waals surface area contributed by atoms with Crippen LogP contribution in [0.4, 0.5) is 4.79 Å². The molecular formula is C13H15BrN2O5. The molecule has 3 amide bonds. The summed E-state index contributed by atoms with van der Waals surface area (Å²) in [5.74, 6) is -1.48. The zero-order chi connectivity index (χ0) is 15.2. The zero-order valence-electron chi connectivity index (χ0n) is 11.2. The molecule has 0 aliphatic heterocycles. The average Bonchev–Trinajstić information content (AvgIpc) is 3.07. The zero-order valence-corrected chi connectivity index (χ0v) is 12.8. The van der Waals surface area contributed by atoms with Gasteiger partial charge in [-0.3, -0.25) is 10.1 Å². The largest absolute Gasteiger partial charge is 0.450 e. The van der Waals surface area contributed by atoms with Crippen molar-refractivity contribution >= 4 is 33.8 Å². The van der Waals surface area contributed by atoms with Gasteiger partial charge in [0.15, 0.2) is 11.3 Å². The van der Waals surface area contributed by atoms with Crippen molar-refractivity contribution in [2.75, 3.05) is 6.61 Å². The summed E-state index contributed by atoms with van der Waals surface area (Å²) in [4.78, 5) is 34.5. The summed E-state index contributed by atoms with van der Waals surface area (Å²) in [5.41, 5.74) is 0. The van der Waals surface area contributed by atoms with Crippen LogP contribution in [0.1, 0.15) is 36.2 Å². The number of halogens is 1. The molecule has 114 valence electrons. The van der Waals surface area contributed by atoms with E-state index in [1.54, 1.807) is 0 Å². The summed E-state index contributed by atoms with van der Waals surface area (Å²) in [6.45, 7) is -0.546. The van der Waals surface area contributed by atoms with Gasteiger partial charge >= 0.3 is 12.0 Å². The highest BCUT2D eigenvalue weighted by Gasteiger charge is 2.19. The van der Waals surface area contributed by atoms with E-state index in [9.17, 15) is 14.4 Å². The number of hydrogen-bond donors (Lipinski definition) is 2. The molecule has 7 nitrogen and oxygen atoms in total. The van der Waals surface area contributed by atoms with Crippen molar-refractivity contribution in [3.63, 3.8) is 0 Å². The lowest BCUT2D eigenvalue weighted by atomic mass is 10.2. The predicted molar refractivity (Wildman–Crippen MR) is 75.6 cm³/mol. The van der Waals surface area contributed by atoms with Gasteiger partial charge in [-0.2, -0.15) is 0 Å². The second kappa shape index (κ2) is 7.26. The fourth-order valence-corrected chi connectivity index (χ4v) is 2.39. The molecule has 21 heavy (non-hydrogen) atoms. The second-order valence-corrected chi connectivity index (χ2v) is 5.46. The highest BCUT2D eigenvalue weighted by molar-refractivity contribution is 9.10. The van der Waals surface area contributed by atoms with Crippen molar-refractivity contribution in [2.24, 2.45) is 0 Å². The Kier molecular flexibility index (Phi) is 5.38. The number of ether oxygens (including phenoxy) is 1. The van der Waals surface area contributed by atoms with E-state index in [2.05, 4.69) is 26.6 Å². The van der Waals surface area contributed by atoms with Gasteiger partial charge in [0.1, 0.15) is 0 Å². The summed E-state index contributed by atoms with van der Waals surface area (Å²) in [6.07, 6.45) is 4.00. The predicted octanol–water partition coefficient (Wildman–Crippen LogP) is 1.97. The smallest absolute Gasteiger partial charge is 0.374 e. The van der Waals surface area contributed by atoms with Gasteiger partial charge in [0.05, 0.1) is 0 Å². The quantitative estimate of drug-likeness (QED) is 0.801. The van der Waals surface area contributed by atoms with Crippen molar-refractivity contribution in [2.45, 2.75) is 31.7 Å². The number of carbonyl (C=O) groups excluding carboxylic acids is 3. The molecule has 0 unspecified atom stereocenters. The fraction of sp³-hybridized carbons (Fsp3) is 0.462. The first-order valence-corrected chi connectivity index (χ1v) is 7.36. The maximum atomic E-state index is 11.5. The van der Waals surface area contributed by atoms with Gasteiger partial charge in [0.2, 0.25) is 5.76 Å². The molecule has 0 radical (unpaired) electrons. The number of hydrogen-bond acceptors (Lipinski definition) is 5. The molecule has 2 rings (SSSR count). The van der Waals surface area contributed by atoms with E-state index < -0.39 is 24.5 Å². The van der Waals surface area contributed by atoms with Crippen LogP contribution < -0.4 is 10.6 Å². The number of esters is 1. The number of rotatable bonds is 4. The number of imide groups is 1. The Hall–Kier alpha value is -1.83. The maximum absolute atomic E-state index is 11.5. The van der Waals surface area contributed by atoms with Crippen molar-refractivity contribution < 1.29 is 23.5 Å². The lowest BCUT2D eigenvalue weighted by Gasteiger charge is -2.12. The Morgan fingerprint density at radius 2 is 2.00 bits per heavy atom. The van der Waals surface area contributed by atoms with E-state index in [1.165, 1.54) is 12.1 Å². The summed E-state index contributed by atoms with van der Waals surface area (Å²) in [5, 5.41) is 4.81. The molecule has 2 N–H and O–H groups in total. The lowest BCUT2D eigenvalue weighted by Crippen LogP contribution is -2.44. The summed E-state index contributed by atoms with van der Waals surface area (Å²) in [7, 11) is 0. The first-order valence-electron chi connectivity index (χ1n) is 6.57. The molecule has 1 fully saturated rings. The molecule has 0 spiro atoms. The monoisotopic (exact) mass is 358 g/mol. The van der Waals surface area contributed by atoms with Gasteiger partial charge in [0.25, 0.3) is 5.91 Å². The molecule has 0 saturated heterocycles. The van der Waals surface area contributed by atoms with Gasteiger partial charge in [-0.05, 0) is 40.9 Å². The third kappa shape index (κ3) is 4.89. The summed E-state index contributed by atoms with van der Waals surface area (Å²) in [6, 6.07) is 2.49. The van der Waals surface area contributed by atoms with Crippen LogP contribution in [0.2, 0.25) is 0 Å². The number of urea groups is 1. The van der Waals surface area contributed by atoms with Crippen LogP contribution >= 0.6 is 15.9 Å². The number of nitrogens with one attached hydrogen (secondary N) is 2. The molecule has 1 aromatic heterocycles. The van der Waals surface area contributed by atoms with E-state index >= 15 is 0 Å². The van der Waals surface area contributed by atoms with Crippen LogP contribution in [0.25, 0.3) is 0 Å². The highest BCUT2D eigenvalue weighted by atomic mass is 79.9. The van der Waals surface area contributed by atoms with Gasteiger partial charge in [-0.25, -0.2) is 9.59 Å². The van der Waals surface area contributed by atoms with Crippen LogP contribution in [-0.2, 0) is 9.53 Å². The molecule has 8 heteroatoms. The summed E-state index contributed by atoms with van der Waals surface area (Å²) >= 11 is 3.05. The Bertz CT molecular complexity index is 536. The molecule has 1 aliphatic carbocycles.